The standard InChI is InChI=1S/C19H15NO8/c1-25-19(22)14-4-2-3-12(7-14)10-26-18(21)6-5-13-8-16-17(28-11-27-16)9-15(13)20(23)24/h2-9H,10-11H2,1H3/b6-5+. The van der Waals surface area contributed by atoms with Crippen LogP contribution >= 0.6 is 0 Å². The molecule has 0 saturated heterocycles. The molecule has 28 heavy (non-hydrogen) atoms. The predicted molar refractivity (Wildman–Crippen MR) is 95.8 cm³/mol. The normalized spacial score (nSPS) is 12.0. The number of ether oxygens (including phenoxy) is 4. The van der Waals surface area contributed by atoms with Gasteiger partial charge in [0.2, 0.25) is 6.79 Å². The molecular formula is C19H15NO8. The van der Waals surface area contributed by atoms with Crippen LogP contribution in [0.3, 0.4) is 0 Å². The Labute approximate surface area is 159 Å². The zero-order chi connectivity index (χ0) is 20.1. The van der Waals surface area contributed by atoms with Gasteiger partial charge in [0.05, 0.1) is 29.2 Å². The monoisotopic (exact) mass is 385 g/mol. The third kappa shape index (κ3) is 4.26. The van der Waals surface area contributed by atoms with Crippen LogP contribution < -0.4 is 9.47 Å². The van der Waals surface area contributed by atoms with Crippen molar-refractivity contribution < 1.29 is 33.5 Å². The average Bonchev–Trinajstić information content (AvgIpc) is 3.16. The predicted octanol–water partition coefficient (Wildman–Crippen LogP) is 2.87. The van der Waals surface area contributed by atoms with Crippen molar-refractivity contribution >= 4 is 23.7 Å². The van der Waals surface area contributed by atoms with Gasteiger partial charge in [-0.1, -0.05) is 12.1 Å². The van der Waals surface area contributed by atoms with E-state index in [1.807, 2.05) is 0 Å². The quantitative estimate of drug-likeness (QED) is 0.323. The lowest BCUT2D eigenvalue weighted by Gasteiger charge is -2.05. The molecule has 9 nitrogen and oxygen atoms in total. The van der Waals surface area contributed by atoms with Crippen LogP contribution in [0.5, 0.6) is 11.5 Å². The Balaban J connectivity index is 1.68. The van der Waals surface area contributed by atoms with Crippen LogP contribution in [-0.2, 0) is 20.9 Å². The van der Waals surface area contributed by atoms with E-state index in [4.69, 9.17) is 14.2 Å². The first-order chi connectivity index (χ1) is 13.5. The number of carbonyl (C=O) groups is 2. The van der Waals surface area contributed by atoms with Gasteiger partial charge >= 0.3 is 11.9 Å². The van der Waals surface area contributed by atoms with Crippen molar-refractivity contribution in [1.29, 1.82) is 0 Å². The summed E-state index contributed by atoms with van der Waals surface area (Å²) in [7, 11) is 1.27. The fourth-order valence-electron chi connectivity index (χ4n) is 2.50. The number of nitro groups is 1. The molecule has 3 rings (SSSR count). The lowest BCUT2D eigenvalue weighted by Crippen LogP contribution is -2.04. The number of fused-ring (bicyclic) bond motifs is 1. The molecule has 0 spiro atoms. The highest BCUT2D eigenvalue weighted by molar-refractivity contribution is 5.90. The minimum atomic E-state index is -0.699. The number of carbonyl (C=O) groups excluding carboxylic acids is 2. The molecule has 1 aliphatic heterocycles. The minimum Gasteiger partial charge on any atom is -0.465 e. The molecule has 0 saturated carbocycles. The van der Waals surface area contributed by atoms with E-state index in [0.29, 0.717) is 16.9 Å². The first-order valence-electron chi connectivity index (χ1n) is 8.08. The number of nitro benzene ring substituents is 1. The van der Waals surface area contributed by atoms with E-state index in [1.165, 1.54) is 25.3 Å². The molecule has 2 aromatic carbocycles. The topological polar surface area (TPSA) is 114 Å². The smallest absolute Gasteiger partial charge is 0.337 e. The van der Waals surface area contributed by atoms with E-state index in [0.717, 1.165) is 6.08 Å². The molecule has 2 aromatic rings. The Morgan fingerprint density at radius 3 is 2.68 bits per heavy atom. The fourth-order valence-corrected chi connectivity index (χ4v) is 2.50. The average molecular weight is 385 g/mol. The van der Waals surface area contributed by atoms with E-state index in [9.17, 15) is 19.7 Å². The summed E-state index contributed by atoms with van der Waals surface area (Å²) >= 11 is 0. The van der Waals surface area contributed by atoms with Gasteiger partial charge in [0.1, 0.15) is 6.61 Å². The van der Waals surface area contributed by atoms with Gasteiger partial charge in [0.15, 0.2) is 11.5 Å². The highest BCUT2D eigenvalue weighted by atomic mass is 16.7. The maximum atomic E-state index is 12.0. The van der Waals surface area contributed by atoms with E-state index >= 15 is 0 Å². The molecule has 0 aromatic heterocycles. The number of nitrogens with zero attached hydrogens (tertiary/aromatic N) is 1. The molecule has 0 aliphatic carbocycles. The van der Waals surface area contributed by atoms with Crippen molar-refractivity contribution in [2.45, 2.75) is 6.61 Å². The second kappa shape index (κ2) is 8.21. The molecule has 1 heterocycles. The van der Waals surface area contributed by atoms with Gasteiger partial charge < -0.3 is 18.9 Å². The zero-order valence-corrected chi connectivity index (χ0v) is 14.7. The summed E-state index contributed by atoms with van der Waals surface area (Å²) in [6.07, 6.45) is 2.35. The first-order valence-corrected chi connectivity index (χ1v) is 8.08. The van der Waals surface area contributed by atoms with Crippen LogP contribution in [-0.4, -0.2) is 30.8 Å². The molecule has 0 unspecified atom stereocenters. The minimum absolute atomic E-state index is 0.0215. The van der Waals surface area contributed by atoms with Crippen LogP contribution in [0.25, 0.3) is 6.08 Å². The summed E-state index contributed by atoms with van der Waals surface area (Å²) in [4.78, 5) is 34.1. The van der Waals surface area contributed by atoms with Crippen molar-refractivity contribution in [2.24, 2.45) is 0 Å². The highest BCUT2D eigenvalue weighted by Gasteiger charge is 2.22. The molecule has 0 fully saturated rings. The van der Waals surface area contributed by atoms with Gasteiger partial charge in [0.25, 0.3) is 5.69 Å². The van der Waals surface area contributed by atoms with E-state index < -0.39 is 16.9 Å². The summed E-state index contributed by atoms with van der Waals surface area (Å²) in [5, 5.41) is 11.2. The van der Waals surface area contributed by atoms with Gasteiger partial charge in [-0.05, 0) is 29.8 Å². The van der Waals surface area contributed by atoms with Crippen molar-refractivity contribution in [3.63, 3.8) is 0 Å². The fraction of sp³-hybridized carbons (Fsp3) is 0.158. The lowest BCUT2D eigenvalue weighted by atomic mass is 10.1. The van der Waals surface area contributed by atoms with E-state index in [1.54, 1.807) is 24.3 Å². The summed E-state index contributed by atoms with van der Waals surface area (Å²) in [5.74, 6) is -0.561. The summed E-state index contributed by atoms with van der Waals surface area (Å²) in [6.45, 7) is -0.0937. The molecule has 0 atom stereocenters. The second-order valence-electron chi connectivity index (χ2n) is 5.65. The third-order valence-corrected chi connectivity index (χ3v) is 3.85. The SMILES string of the molecule is COC(=O)c1cccc(COC(=O)/C=C/c2cc3c(cc2[N+](=O)[O-])OCO3)c1. The van der Waals surface area contributed by atoms with Gasteiger partial charge in [-0.15, -0.1) is 0 Å². The number of methoxy groups -OCH3 is 1. The maximum absolute atomic E-state index is 12.0. The molecule has 144 valence electrons. The molecule has 0 amide bonds. The Bertz CT molecular complexity index is 966. The summed E-state index contributed by atoms with van der Waals surface area (Å²) in [5.41, 5.74) is 0.888. The summed E-state index contributed by atoms with van der Waals surface area (Å²) < 4.78 is 20.1. The largest absolute Gasteiger partial charge is 0.465 e. The van der Waals surface area contributed by atoms with Gasteiger partial charge in [-0.25, -0.2) is 9.59 Å². The Morgan fingerprint density at radius 2 is 1.96 bits per heavy atom. The molecule has 9 heteroatoms. The molecule has 0 N–H and O–H groups in total. The van der Waals surface area contributed by atoms with Crippen LogP contribution in [0.4, 0.5) is 5.69 Å². The Kier molecular flexibility index (Phi) is 5.54. The number of hydrogen-bond donors (Lipinski definition) is 0. The number of rotatable bonds is 6. The third-order valence-electron chi connectivity index (χ3n) is 3.85. The molecular weight excluding hydrogens is 370 g/mol. The highest BCUT2D eigenvalue weighted by Crippen LogP contribution is 2.38. The van der Waals surface area contributed by atoms with Crippen molar-refractivity contribution in [1.82, 2.24) is 0 Å². The van der Waals surface area contributed by atoms with Crippen molar-refractivity contribution in [3.05, 3.63) is 69.3 Å². The van der Waals surface area contributed by atoms with Gasteiger partial charge in [-0.2, -0.15) is 0 Å². The lowest BCUT2D eigenvalue weighted by molar-refractivity contribution is -0.385. The van der Waals surface area contributed by atoms with Crippen LogP contribution in [0.2, 0.25) is 0 Å². The van der Waals surface area contributed by atoms with Crippen molar-refractivity contribution in [2.75, 3.05) is 13.9 Å². The van der Waals surface area contributed by atoms with Crippen LogP contribution in [0, 0.1) is 10.1 Å². The molecule has 0 radical (unpaired) electrons. The molecule has 1 aliphatic rings. The van der Waals surface area contributed by atoms with Crippen molar-refractivity contribution in [3.8, 4) is 11.5 Å². The van der Waals surface area contributed by atoms with Gasteiger partial charge in [0, 0.05) is 6.08 Å². The maximum Gasteiger partial charge on any atom is 0.337 e. The molecule has 0 bridgehead atoms. The zero-order valence-electron chi connectivity index (χ0n) is 14.7. The first kappa shape index (κ1) is 18.9. The van der Waals surface area contributed by atoms with Crippen LogP contribution in [0.1, 0.15) is 21.5 Å². The Hall–Kier alpha value is -3.88. The van der Waals surface area contributed by atoms with E-state index in [2.05, 4.69) is 4.74 Å². The van der Waals surface area contributed by atoms with E-state index in [-0.39, 0.29) is 30.4 Å². The van der Waals surface area contributed by atoms with Gasteiger partial charge in [-0.3, -0.25) is 10.1 Å². The number of esters is 2. The Morgan fingerprint density at radius 1 is 1.21 bits per heavy atom. The summed E-state index contributed by atoms with van der Waals surface area (Å²) in [6, 6.07) is 9.12. The van der Waals surface area contributed by atoms with Crippen LogP contribution in [0.15, 0.2) is 42.5 Å². The number of benzene rings is 2. The second-order valence-corrected chi connectivity index (χ2v) is 5.65. The number of hydrogen-bond acceptors (Lipinski definition) is 8.